The fourth-order valence-electron chi connectivity index (χ4n) is 3.41. The molecule has 0 N–H and O–H groups in total. The van der Waals surface area contributed by atoms with Crippen LogP contribution in [0.15, 0.2) is 59.9 Å². The van der Waals surface area contributed by atoms with Gasteiger partial charge in [0.05, 0.1) is 25.6 Å². The molecule has 2 amide bonds. The van der Waals surface area contributed by atoms with Gasteiger partial charge in [0.2, 0.25) is 11.6 Å². The number of nitrogens with zero attached hydrogens (tertiary/aromatic N) is 2. The summed E-state index contributed by atoms with van der Waals surface area (Å²) in [7, 11) is 2.33. The number of carbonyl (C=O) groups excluding carboxylic acids is 4. The molecule has 0 saturated carbocycles. The molecule has 8 heteroatoms. The topological polar surface area (TPSA) is 93.2 Å². The highest BCUT2D eigenvalue weighted by Crippen LogP contribution is 2.42. The monoisotopic (exact) mass is 378 g/mol. The Morgan fingerprint density at radius 3 is 1.39 bits per heavy atom. The number of ether oxygens (including phenoxy) is 2. The molecular weight excluding hydrogens is 364 g/mol. The predicted octanol–water partition coefficient (Wildman–Crippen LogP) is 3.14. The smallest absolute Gasteiger partial charge is 0.418 e. The third kappa shape index (κ3) is 2.24. The molecule has 8 nitrogen and oxygen atoms in total. The van der Waals surface area contributed by atoms with Crippen LogP contribution in [-0.4, -0.2) is 38.0 Å². The van der Waals surface area contributed by atoms with Crippen LogP contribution in [0.5, 0.6) is 0 Å². The van der Waals surface area contributed by atoms with E-state index in [0.29, 0.717) is 0 Å². The lowest BCUT2D eigenvalue weighted by Gasteiger charge is -2.22. The third-order valence-electron chi connectivity index (χ3n) is 4.60. The molecule has 2 aromatic carbocycles. The van der Waals surface area contributed by atoms with Gasteiger partial charge in [0.25, 0.3) is 0 Å². The molecule has 2 aliphatic heterocycles. The Hall–Kier alpha value is -3.94. The molecule has 0 radical (unpaired) electrons. The largest absolute Gasteiger partial charge is 0.452 e. The number of para-hydroxylation sites is 2. The summed E-state index contributed by atoms with van der Waals surface area (Å²) >= 11 is 0. The Balaban J connectivity index is 2.03. The van der Waals surface area contributed by atoms with E-state index in [9.17, 15) is 19.2 Å². The maximum atomic E-state index is 13.1. The quantitative estimate of drug-likeness (QED) is 0.654. The zero-order chi connectivity index (χ0) is 20.0. The second-order valence-electron chi connectivity index (χ2n) is 6.00. The Kier molecular flexibility index (Phi) is 3.96. The Bertz CT molecular complexity index is 1000. The van der Waals surface area contributed by atoms with E-state index < -0.39 is 23.8 Å². The third-order valence-corrected chi connectivity index (χ3v) is 4.60. The van der Waals surface area contributed by atoms with Crippen molar-refractivity contribution >= 4 is 35.1 Å². The first kappa shape index (κ1) is 17.5. The molecule has 140 valence electrons. The molecule has 28 heavy (non-hydrogen) atoms. The number of benzene rings is 2. The van der Waals surface area contributed by atoms with Gasteiger partial charge in [0, 0.05) is 11.1 Å². The van der Waals surface area contributed by atoms with Crippen LogP contribution < -0.4 is 9.80 Å². The van der Waals surface area contributed by atoms with E-state index in [2.05, 4.69) is 0 Å². The van der Waals surface area contributed by atoms with E-state index >= 15 is 0 Å². The van der Waals surface area contributed by atoms with Crippen LogP contribution in [-0.2, 0) is 9.47 Å². The summed E-state index contributed by atoms with van der Waals surface area (Å²) in [6, 6.07) is 12.8. The van der Waals surface area contributed by atoms with Gasteiger partial charge in [0.1, 0.15) is 11.4 Å². The minimum Gasteiger partial charge on any atom is -0.452 e. The number of carbonyl (C=O) groups is 4. The Labute approximate surface area is 159 Å². The van der Waals surface area contributed by atoms with Crippen molar-refractivity contribution in [3.05, 3.63) is 71.1 Å². The molecule has 0 atom stereocenters. The van der Waals surface area contributed by atoms with Gasteiger partial charge < -0.3 is 9.47 Å². The average molecular weight is 378 g/mol. The van der Waals surface area contributed by atoms with Crippen molar-refractivity contribution in [1.82, 2.24) is 0 Å². The van der Waals surface area contributed by atoms with Crippen molar-refractivity contribution in [2.24, 2.45) is 0 Å². The number of fused-ring (bicyclic) bond motifs is 2. The van der Waals surface area contributed by atoms with Crippen molar-refractivity contribution in [2.75, 3.05) is 24.0 Å². The summed E-state index contributed by atoms with van der Waals surface area (Å²) in [5.74, 6) is -1.13. The van der Waals surface area contributed by atoms with Gasteiger partial charge in [0.15, 0.2) is 0 Å². The van der Waals surface area contributed by atoms with Crippen LogP contribution in [0.1, 0.15) is 20.7 Å². The molecule has 0 aliphatic carbocycles. The zero-order valence-electron chi connectivity index (χ0n) is 15.0. The van der Waals surface area contributed by atoms with Gasteiger partial charge in [-0.2, -0.15) is 0 Å². The van der Waals surface area contributed by atoms with Crippen LogP contribution in [0.3, 0.4) is 0 Å². The van der Waals surface area contributed by atoms with Gasteiger partial charge in [-0.1, -0.05) is 24.3 Å². The number of Topliss-reactive ketones (excluding diaryl/α,β-unsaturated/α-hetero) is 2. The second-order valence-corrected chi connectivity index (χ2v) is 6.00. The molecule has 0 fully saturated rings. The Morgan fingerprint density at radius 2 is 1.04 bits per heavy atom. The molecule has 2 aromatic rings. The first-order chi connectivity index (χ1) is 13.5. The molecule has 2 heterocycles. The van der Waals surface area contributed by atoms with E-state index in [0.717, 1.165) is 9.80 Å². The number of rotatable bonds is 0. The fraction of sp³-hybridized carbons (Fsp3) is 0.100. The lowest BCUT2D eigenvalue weighted by molar-refractivity contribution is 0.100. The number of hydrogen-bond acceptors (Lipinski definition) is 6. The van der Waals surface area contributed by atoms with Crippen molar-refractivity contribution in [3.63, 3.8) is 0 Å². The Morgan fingerprint density at radius 1 is 0.679 bits per heavy atom. The van der Waals surface area contributed by atoms with Gasteiger partial charge in [-0.15, -0.1) is 0 Å². The zero-order valence-corrected chi connectivity index (χ0v) is 15.0. The van der Waals surface area contributed by atoms with Crippen molar-refractivity contribution in [1.29, 1.82) is 0 Å². The van der Waals surface area contributed by atoms with E-state index in [1.807, 2.05) is 0 Å². The normalized spacial score (nSPS) is 17.5. The standard InChI is InChI=1S/C20H14N2O6/c1-27-19(25)21-13-9-5-3-7-11(13)17(23)15(21)16-18(24)12-8-4-6-10-14(12)22(16)20(26)28-2/h3-10H,1-2H3/b16-15+. The maximum absolute atomic E-state index is 13.1. The molecule has 2 aliphatic rings. The molecule has 0 aromatic heterocycles. The summed E-state index contributed by atoms with van der Waals surface area (Å²) in [6.45, 7) is 0. The van der Waals surface area contributed by atoms with Crippen LogP contribution in [0.4, 0.5) is 21.0 Å². The number of amides is 2. The van der Waals surface area contributed by atoms with E-state index in [1.54, 1.807) is 36.4 Å². The molecular formula is C20H14N2O6. The SMILES string of the molecule is COC(=O)N1/C(=C2\C(=O)c3ccccc3N2C(=O)OC)C(=O)c2ccccc21. The van der Waals surface area contributed by atoms with Crippen molar-refractivity contribution in [3.8, 4) is 0 Å². The summed E-state index contributed by atoms with van der Waals surface area (Å²) in [5.41, 5.74) is 0.498. The number of allylic oxidation sites excluding steroid dienone is 2. The van der Waals surface area contributed by atoms with Crippen LogP contribution in [0.2, 0.25) is 0 Å². The summed E-state index contributed by atoms with van der Waals surface area (Å²) < 4.78 is 9.64. The summed E-state index contributed by atoms with van der Waals surface area (Å²) in [4.78, 5) is 53.2. The van der Waals surface area contributed by atoms with Gasteiger partial charge in [-0.25, -0.2) is 19.4 Å². The first-order valence-corrected chi connectivity index (χ1v) is 8.29. The highest BCUT2D eigenvalue weighted by molar-refractivity contribution is 6.33. The molecule has 0 saturated heterocycles. The van der Waals surface area contributed by atoms with Crippen molar-refractivity contribution in [2.45, 2.75) is 0 Å². The van der Waals surface area contributed by atoms with Crippen LogP contribution >= 0.6 is 0 Å². The molecule has 0 bridgehead atoms. The lowest BCUT2D eigenvalue weighted by atomic mass is 10.1. The highest BCUT2D eigenvalue weighted by atomic mass is 16.5. The average Bonchev–Trinajstić information content (AvgIpc) is 3.18. The molecule has 4 rings (SSSR count). The minimum absolute atomic E-state index is 0.226. The van der Waals surface area contributed by atoms with E-state index in [4.69, 9.17) is 9.47 Å². The second kappa shape index (κ2) is 6.34. The lowest BCUT2D eigenvalue weighted by Crippen LogP contribution is -2.36. The summed E-state index contributed by atoms with van der Waals surface area (Å²) in [5, 5.41) is 0. The number of hydrogen-bond donors (Lipinski definition) is 0. The number of anilines is 2. The van der Waals surface area contributed by atoms with E-state index in [1.165, 1.54) is 26.4 Å². The van der Waals surface area contributed by atoms with E-state index in [-0.39, 0.29) is 33.9 Å². The first-order valence-electron chi connectivity index (χ1n) is 8.29. The van der Waals surface area contributed by atoms with Gasteiger partial charge in [-0.3, -0.25) is 9.59 Å². The van der Waals surface area contributed by atoms with Crippen molar-refractivity contribution < 1.29 is 28.7 Å². The number of ketones is 2. The maximum Gasteiger partial charge on any atom is 0.418 e. The van der Waals surface area contributed by atoms with Gasteiger partial charge in [-0.05, 0) is 24.3 Å². The molecule has 0 spiro atoms. The number of methoxy groups -OCH3 is 2. The highest BCUT2D eigenvalue weighted by Gasteiger charge is 2.47. The van der Waals surface area contributed by atoms with Gasteiger partial charge >= 0.3 is 12.2 Å². The summed E-state index contributed by atoms with van der Waals surface area (Å²) in [6.07, 6.45) is -1.70. The minimum atomic E-state index is -0.852. The molecule has 0 unspecified atom stereocenters. The predicted molar refractivity (Wildman–Crippen MR) is 98.3 cm³/mol. The van der Waals surface area contributed by atoms with Crippen LogP contribution in [0.25, 0.3) is 0 Å². The van der Waals surface area contributed by atoms with Crippen LogP contribution in [0, 0.1) is 0 Å². The fourth-order valence-corrected chi connectivity index (χ4v) is 3.41.